The Labute approximate surface area is 262 Å². The minimum absolute atomic E-state index is 0.0652. The van der Waals surface area contributed by atoms with Crippen molar-refractivity contribution in [3.05, 3.63) is 99.5 Å². The van der Waals surface area contributed by atoms with Crippen molar-refractivity contribution in [2.45, 2.75) is 61.2 Å². The fourth-order valence-corrected chi connectivity index (χ4v) is 8.79. The Morgan fingerprint density at radius 3 is 1.98 bits per heavy atom. The summed E-state index contributed by atoms with van der Waals surface area (Å²) >= 11 is 12.5. The predicted octanol–water partition coefficient (Wildman–Crippen LogP) is 5.49. The number of carboxylic acids is 1. The van der Waals surface area contributed by atoms with Gasteiger partial charge in [-0.15, -0.1) is 0 Å². The number of nitrogens with one attached hydrogen (secondary N) is 3. The third-order valence-electron chi connectivity index (χ3n) is 9.33. The Morgan fingerprint density at radius 1 is 0.837 bits per heavy atom. The normalized spacial score (nSPS) is 25.1. The molecule has 11 heteroatoms. The monoisotopic (exact) mass is 642 g/mol. The van der Waals surface area contributed by atoms with Crippen LogP contribution in [0.2, 0.25) is 10.0 Å². The van der Waals surface area contributed by atoms with E-state index < -0.39 is 16.0 Å². The maximum absolute atomic E-state index is 13.2. The van der Waals surface area contributed by atoms with Crippen molar-refractivity contribution in [3.63, 3.8) is 0 Å². The number of hydrogen-bond acceptors (Lipinski definition) is 6. The first-order valence-electron chi connectivity index (χ1n) is 14.8. The van der Waals surface area contributed by atoms with Gasteiger partial charge in [-0.1, -0.05) is 47.5 Å². The molecule has 4 atom stereocenters. The molecule has 0 bridgehead atoms. The van der Waals surface area contributed by atoms with Gasteiger partial charge in [-0.25, -0.2) is 18.6 Å². The van der Waals surface area contributed by atoms with E-state index in [2.05, 4.69) is 40.4 Å². The standard InChI is InChI=1S/C32H36Cl2N4O4S/c33-24-8-1-20(2-9-24)30(21-3-10-25(34)11-4-21)23-7-14-29-28(19-23)31(37-36-29)35-26-15-17-38(18-16-26)43(41,42)27-12-5-22(6-13-27)32(39)40/h1-6,8-13,23,26,28-31,35-37H,7,14-19H2,(H,39,40). The van der Waals surface area contributed by atoms with Gasteiger partial charge in [0.1, 0.15) is 0 Å². The molecule has 1 aliphatic carbocycles. The molecule has 4 unspecified atom stereocenters. The molecule has 2 saturated heterocycles. The Bertz CT molecular complexity index is 1480. The predicted molar refractivity (Wildman–Crippen MR) is 168 cm³/mol. The van der Waals surface area contributed by atoms with Crippen LogP contribution in [0.25, 0.3) is 0 Å². The Morgan fingerprint density at radius 2 is 1.42 bits per heavy atom. The maximum Gasteiger partial charge on any atom is 0.335 e. The van der Waals surface area contributed by atoms with Gasteiger partial charge in [0.25, 0.3) is 0 Å². The van der Waals surface area contributed by atoms with E-state index in [1.807, 2.05) is 24.3 Å². The van der Waals surface area contributed by atoms with Crippen LogP contribution in [0.5, 0.6) is 0 Å². The average Bonchev–Trinajstić information content (AvgIpc) is 3.41. The molecule has 3 aromatic rings. The van der Waals surface area contributed by atoms with Gasteiger partial charge in [-0.05, 0) is 97.7 Å². The number of carboxylic acid groups (broad SMARTS) is 1. The second kappa shape index (κ2) is 12.9. The fourth-order valence-electron chi connectivity index (χ4n) is 7.07. The number of carbonyl (C=O) groups is 1. The molecule has 3 fully saturated rings. The molecule has 1 saturated carbocycles. The molecule has 0 spiro atoms. The molecule has 2 heterocycles. The van der Waals surface area contributed by atoms with E-state index in [-0.39, 0.29) is 28.6 Å². The van der Waals surface area contributed by atoms with Crippen molar-refractivity contribution in [2.24, 2.45) is 11.8 Å². The van der Waals surface area contributed by atoms with Crippen molar-refractivity contribution >= 4 is 39.2 Å². The Hall–Kier alpha value is -2.50. The number of rotatable bonds is 8. The van der Waals surface area contributed by atoms with Crippen LogP contribution in [0.15, 0.2) is 77.7 Å². The summed E-state index contributed by atoms with van der Waals surface area (Å²) in [4.78, 5) is 11.3. The van der Waals surface area contributed by atoms with E-state index in [1.54, 1.807) is 0 Å². The summed E-state index contributed by atoms with van der Waals surface area (Å²) in [6.07, 6.45) is 4.68. The van der Waals surface area contributed by atoms with Crippen molar-refractivity contribution in [1.82, 2.24) is 20.5 Å². The zero-order chi connectivity index (χ0) is 30.1. The summed E-state index contributed by atoms with van der Waals surface area (Å²) < 4.78 is 27.9. The average molecular weight is 644 g/mol. The second-order valence-corrected chi connectivity index (χ2v) is 14.7. The van der Waals surface area contributed by atoms with Gasteiger partial charge in [0.2, 0.25) is 10.0 Å². The van der Waals surface area contributed by atoms with E-state index >= 15 is 0 Å². The lowest BCUT2D eigenvalue weighted by Gasteiger charge is -2.39. The molecular weight excluding hydrogens is 607 g/mol. The summed E-state index contributed by atoms with van der Waals surface area (Å²) in [5.74, 6) is -0.0259. The summed E-state index contributed by atoms with van der Waals surface area (Å²) in [5, 5.41) is 14.4. The number of hydrogen-bond donors (Lipinski definition) is 4. The number of halogens is 2. The van der Waals surface area contributed by atoms with Crippen molar-refractivity contribution < 1.29 is 18.3 Å². The molecule has 0 aromatic heterocycles. The first-order chi connectivity index (χ1) is 20.7. The van der Waals surface area contributed by atoms with E-state index in [0.717, 1.165) is 29.3 Å². The molecule has 4 N–H and O–H groups in total. The molecule has 6 rings (SSSR count). The minimum Gasteiger partial charge on any atom is -0.478 e. The van der Waals surface area contributed by atoms with Crippen molar-refractivity contribution in [1.29, 1.82) is 0 Å². The molecule has 0 radical (unpaired) electrons. The second-order valence-electron chi connectivity index (χ2n) is 11.9. The number of piperidine rings is 1. The molecule has 0 amide bonds. The van der Waals surface area contributed by atoms with Gasteiger partial charge in [-0.3, -0.25) is 10.7 Å². The number of hydrazine groups is 1. The fraction of sp³-hybridized carbons (Fsp3) is 0.406. The number of fused-ring (bicyclic) bond motifs is 1. The first-order valence-corrected chi connectivity index (χ1v) is 17.0. The third-order valence-corrected chi connectivity index (χ3v) is 11.7. The van der Waals surface area contributed by atoms with Crippen LogP contribution in [-0.4, -0.2) is 55.1 Å². The van der Waals surface area contributed by atoms with Crippen molar-refractivity contribution in [3.8, 4) is 0 Å². The Kier molecular flexibility index (Phi) is 9.12. The summed E-state index contributed by atoms with van der Waals surface area (Å²) in [7, 11) is -3.68. The lowest BCUT2D eigenvalue weighted by Crippen LogP contribution is -2.53. The lowest BCUT2D eigenvalue weighted by molar-refractivity contribution is 0.0696. The first kappa shape index (κ1) is 30.5. The molecule has 3 aromatic carbocycles. The molecule has 3 aliphatic rings. The van der Waals surface area contributed by atoms with Crippen LogP contribution in [-0.2, 0) is 10.0 Å². The molecular formula is C32H36Cl2N4O4S. The largest absolute Gasteiger partial charge is 0.478 e. The van der Waals surface area contributed by atoms with E-state index in [4.69, 9.17) is 28.3 Å². The SMILES string of the molecule is O=C(O)c1ccc(S(=O)(=O)N2CCC(NC3NNC4CCC(C(c5ccc(Cl)cc5)c5ccc(Cl)cc5)CC43)CC2)cc1. The molecule has 2 aliphatic heterocycles. The number of benzene rings is 3. The van der Waals surface area contributed by atoms with E-state index in [9.17, 15) is 13.2 Å². The van der Waals surface area contributed by atoms with Gasteiger partial charge >= 0.3 is 5.97 Å². The number of nitrogens with zero attached hydrogens (tertiary/aromatic N) is 1. The van der Waals surface area contributed by atoms with Crippen LogP contribution in [0.3, 0.4) is 0 Å². The van der Waals surface area contributed by atoms with Crippen LogP contribution in [0.4, 0.5) is 0 Å². The van der Waals surface area contributed by atoms with Gasteiger partial charge in [0, 0.05) is 47.1 Å². The topological polar surface area (TPSA) is 111 Å². The summed E-state index contributed by atoms with van der Waals surface area (Å²) in [5.41, 5.74) is 9.60. The lowest BCUT2D eigenvalue weighted by atomic mass is 9.68. The van der Waals surface area contributed by atoms with E-state index in [1.165, 1.54) is 39.7 Å². The van der Waals surface area contributed by atoms with Crippen LogP contribution >= 0.6 is 23.2 Å². The Balaban J connectivity index is 1.11. The van der Waals surface area contributed by atoms with Gasteiger partial charge in [0.05, 0.1) is 16.6 Å². The third kappa shape index (κ3) is 6.63. The number of sulfonamides is 1. The molecule has 8 nitrogen and oxygen atoms in total. The minimum atomic E-state index is -3.68. The van der Waals surface area contributed by atoms with Gasteiger partial charge < -0.3 is 5.11 Å². The zero-order valence-corrected chi connectivity index (χ0v) is 26.0. The molecule has 228 valence electrons. The van der Waals surface area contributed by atoms with Gasteiger partial charge in [-0.2, -0.15) is 4.31 Å². The highest BCUT2D eigenvalue weighted by atomic mass is 35.5. The van der Waals surface area contributed by atoms with E-state index in [0.29, 0.717) is 43.8 Å². The zero-order valence-electron chi connectivity index (χ0n) is 23.6. The van der Waals surface area contributed by atoms with Crippen molar-refractivity contribution in [2.75, 3.05) is 13.1 Å². The maximum atomic E-state index is 13.2. The number of aromatic carboxylic acids is 1. The van der Waals surface area contributed by atoms with Crippen LogP contribution in [0.1, 0.15) is 59.5 Å². The molecule has 43 heavy (non-hydrogen) atoms. The summed E-state index contributed by atoms with van der Waals surface area (Å²) in [6, 6.07) is 22.4. The van der Waals surface area contributed by atoms with Gasteiger partial charge in [0.15, 0.2) is 0 Å². The highest BCUT2D eigenvalue weighted by molar-refractivity contribution is 7.89. The summed E-state index contributed by atoms with van der Waals surface area (Å²) in [6.45, 7) is 0.819. The highest BCUT2D eigenvalue weighted by Crippen LogP contribution is 2.44. The highest BCUT2D eigenvalue weighted by Gasteiger charge is 2.43. The van der Waals surface area contributed by atoms with Crippen LogP contribution < -0.4 is 16.2 Å². The smallest absolute Gasteiger partial charge is 0.335 e. The van der Waals surface area contributed by atoms with Crippen LogP contribution in [0, 0.1) is 11.8 Å². The quantitative estimate of drug-likeness (QED) is 0.257.